The molecule has 26 heavy (non-hydrogen) atoms. The molecule has 0 bridgehead atoms. The molecule has 2 aromatic rings. The first kappa shape index (κ1) is 18.2. The zero-order valence-corrected chi connectivity index (χ0v) is 14.4. The Morgan fingerprint density at radius 3 is 2.50 bits per heavy atom. The third kappa shape index (κ3) is 4.13. The third-order valence-electron chi connectivity index (χ3n) is 3.70. The van der Waals surface area contributed by atoms with Crippen molar-refractivity contribution in [3.8, 4) is 5.75 Å². The fourth-order valence-corrected chi connectivity index (χ4v) is 3.41. The van der Waals surface area contributed by atoms with Crippen LogP contribution in [0.2, 0.25) is 0 Å². The summed E-state index contributed by atoms with van der Waals surface area (Å²) in [5.74, 6) is -1.90. The molecule has 0 aromatic heterocycles. The molecule has 3 rings (SSSR count). The molecule has 5 nitrogen and oxygen atoms in total. The number of carbonyl (C=O) groups excluding carboxylic acids is 2. The largest absolute Gasteiger partial charge is 0.479 e. The number of fused-ring (bicyclic) bond motifs is 1. The first-order valence-corrected chi connectivity index (χ1v) is 8.93. The molecule has 0 aliphatic carbocycles. The average Bonchev–Trinajstić information content (AvgIpc) is 2.64. The van der Waals surface area contributed by atoms with E-state index in [1.165, 1.54) is 17.8 Å². The lowest BCUT2D eigenvalue weighted by Gasteiger charge is -2.24. The maximum absolute atomic E-state index is 13.5. The maximum atomic E-state index is 13.5. The predicted octanol–water partition coefficient (Wildman–Crippen LogP) is 2.36. The standard InChI is InChI=1S/C18H16F2N2O3S/c19-11-4-3-5-12(20)16(11)18(24)22-9-8-21-17(23)14-10-26-15-7-2-1-6-13(15)25-14/h1-7,14H,8-10H2,(H,21,23)(H,22,24). The molecule has 8 heteroatoms. The molecule has 1 unspecified atom stereocenters. The average molecular weight is 378 g/mol. The van der Waals surface area contributed by atoms with Crippen LogP contribution in [0.4, 0.5) is 8.78 Å². The van der Waals surface area contributed by atoms with Crippen LogP contribution in [0.3, 0.4) is 0 Å². The highest BCUT2D eigenvalue weighted by Gasteiger charge is 2.26. The van der Waals surface area contributed by atoms with Crippen molar-refractivity contribution in [2.45, 2.75) is 11.0 Å². The summed E-state index contributed by atoms with van der Waals surface area (Å²) in [7, 11) is 0. The zero-order valence-electron chi connectivity index (χ0n) is 13.6. The first-order chi connectivity index (χ1) is 12.6. The van der Waals surface area contributed by atoms with Crippen LogP contribution >= 0.6 is 11.8 Å². The minimum atomic E-state index is -0.933. The highest BCUT2D eigenvalue weighted by molar-refractivity contribution is 7.99. The molecule has 0 fully saturated rings. The number of hydrogen-bond donors (Lipinski definition) is 2. The van der Waals surface area contributed by atoms with Gasteiger partial charge in [-0.1, -0.05) is 18.2 Å². The summed E-state index contributed by atoms with van der Waals surface area (Å²) < 4.78 is 32.7. The summed E-state index contributed by atoms with van der Waals surface area (Å²) in [6, 6.07) is 10.7. The van der Waals surface area contributed by atoms with E-state index < -0.39 is 29.2 Å². The van der Waals surface area contributed by atoms with E-state index in [-0.39, 0.29) is 19.0 Å². The van der Waals surface area contributed by atoms with Gasteiger partial charge in [0.2, 0.25) is 0 Å². The van der Waals surface area contributed by atoms with Crippen LogP contribution < -0.4 is 15.4 Å². The summed E-state index contributed by atoms with van der Waals surface area (Å²) in [6.45, 7) is 0.154. The Hall–Kier alpha value is -2.61. The van der Waals surface area contributed by atoms with E-state index in [0.717, 1.165) is 17.0 Å². The van der Waals surface area contributed by atoms with Crippen LogP contribution in [0.15, 0.2) is 47.4 Å². The number of carbonyl (C=O) groups is 2. The Morgan fingerprint density at radius 1 is 1.04 bits per heavy atom. The van der Waals surface area contributed by atoms with Crippen LogP contribution in [0.5, 0.6) is 5.75 Å². The second-order valence-electron chi connectivity index (χ2n) is 5.51. The SMILES string of the molecule is O=C(NCCNC(=O)C1CSc2ccccc2O1)c1c(F)cccc1F. The molecule has 1 aliphatic rings. The first-order valence-electron chi connectivity index (χ1n) is 7.94. The van der Waals surface area contributed by atoms with Gasteiger partial charge in [-0.3, -0.25) is 9.59 Å². The molecule has 0 saturated heterocycles. The van der Waals surface area contributed by atoms with Gasteiger partial charge in [-0.05, 0) is 24.3 Å². The van der Waals surface area contributed by atoms with Crippen molar-refractivity contribution in [3.63, 3.8) is 0 Å². The minimum Gasteiger partial charge on any atom is -0.479 e. The topological polar surface area (TPSA) is 67.4 Å². The van der Waals surface area contributed by atoms with E-state index in [4.69, 9.17) is 4.74 Å². The smallest absolute Gasteiger partial charge is 0.262 e. The number of thioether (sulfide) groups is 1. The predicted molar refractivity (Wildman–Crippen MR) is 93.3 cm³/mol. The van der Waals surface area contributed by atoms with Crippen LogP contribution in [0.25, 0.3) is 0 Å². The van der Waals surface area contributed by atoms with E-state index in [1.54, 1.807) is 6.07 Å². The van der Waals surface area contributed by atoms with Crippen molar-refractivity contribution in [2.75, 3.05) is 18.8 Å². The van der Waals surface area contributed by atoms with Gasteiger partial charge in [0.1, 0.15) is 22.9 Å². The zero-order chi connectivity index (χ0) is 18.5. The van der Waals surface area contributed by atoms with Crippen molar-refractivity contribution in [1.82, 2.24) is 10.6 Å². The number of amides is 2. The summed E-state index contributed by atoms with van der Waals surface area (Å²) in [5.41, 5.74) is -0.637. The molecule has 1 aliphatic heterocycles. The molecule has 1 heterocycles. The lowest BCUT2D eigenvalue weighted by molar-refractivity contribution is -0.127. The minimum absolute atomic E-state index is 0.0365. The van der Waals surface area contributed by atoms with Gasteiger partial charge in [-0.2, -0.15) is 0 Å². The van der Waals surface area contributed by atoms with E-state index in [9.17, 15) is 18.4 Å². The summed E-state index contributed by atoms with van der Waals surface area (Å²) in [4.78, 5) is 25.0. The van der Waals surface area contributed by atoms with E-state index >= 15 is 0 Å². The van der Waals surface area contributed by atoms with Crippen LogP contribution in [-0.4, -0.2) is 36.8 Å². The number of ether oxygens (including phenoxy) is 1. The number of benzene rings is 2. The van der Waals surface area contributed by atoms with Crippen LogP contribution in [-0.2, 0) is 4.79 Å². The number of hydrogen-bond acceptors (Lipinski definition) is 4. The maximum Gasteiger partial charge on any atom is 0.262 e. The number of para-hydroxylation sites is 1. The summed E-state index contributed by atoms with van der Waals surface area (Å²) in [5, 5.41) is 5.01. The Balaban J connectivity index is 1.45. The van der Waals surface area contributed by atoms with Gasteiger partial charge in [0.05, 0.1) is 0 Å². The normalized spacial score (nSPS) is 15.5. The molecule has 0 radical (unpaired) electrons. The van der Waals surface area contributed by atoms with Gasteiger partial charge < -0.3 is 15.4 Å². The summed E-state index contributed by atoms with van der Waals surface area (Å²) in [6.07, 6.45) is -0.630. The van der Waals surface area contributed by atoms with Crippen molar-refractivity contribution >= 4 is 23.6 Å². The Bertz CT molecular complexity index is 812. The Morgan fingerprint density at radius 2 is 1.73 bits per heavy atom. The molecule has 2 amide bonds. The molecule has 2 N–H and O–H groups in total. The number of halogens is 2. The second kappa shape index (κ2) is 8.18. The lowest BCUT2D eigenvalue weighted by Crippen LogP contribution is -2.44. The van der Waals surface area contributed by atoms with Gasteiger partial charge >= 0.3 is 0 Å². The van der Waals surface area contributed by atoms with Gasteiger partial charge in [0.15, 0.2) is 6.10 Å². The lowest BCUT2D eigenvalue weighted by atomic mass is 10.2. The number of nitrogens with one attached hydrogen (secondary N) is 2. The van der Waals surface area contributed by atoms with Crippen molar-refractivity contribution < 1.29 is 23.1 Å². The van der Waals surface area contributed by atoms with Crippen molar-refractivity contribution in [3.05, 3.63) is 59.7 Å². The van der Waals surface area contributed by atoms with Crippen molar-refractivity contribution in [2.24, 2.45) is 0 Å². The molecular formula is C18H16F2N2O3S. The highest BCUT2D eigenvalue weighted by Crippen LogP contribution is 2.34. The fourth-order valence-electron chi connectivity index (χ4n) is 2.43. The van der Waals surface area contributed by atoms with Gasteiger partial charge in [-0.15, -0.1) is 11.8 Å². The van der Waals surface area contributed by atoms with Crippen molar-refractivity contribution in [1.29, 1.82) is 0 Å². The fraction of sp³-hybridized carbons (Fsp3) is 0.222. The molecule has 136 valence electrons. The second-order valence-corrected chi connectivity index (χ2v) is 6.57. The molecule has 0 spiro atoms. The Labute approximate surface area is 153 Å². The van der Waals surface area contributed by atoms with E-state index in [2.05, 4.69) is 10.6 Å². The quantitative estimate of drug-likeness (QED) is 0.784. The summed E-state index contributed by atoms with van der Waals surface area (Å²) >= 11 is 1.53. The number of rotatable bonds is 5. The van der Waals surface area contributed by atoms with Gasteiger partial charge in [-0.25, -0.2) is 8.78 Å². The monoisotopic (exact) mass is 378 g/mol. The van der Waals surface area contributed by atoms with E-state index in [0.29, 0.717) is 11.5 Å². The third-order valence-corrected chi connectivity index (χ3v) is 4.82. The van der Waals surface area contributed by atoms with Crippen LogP contribution in [0, 0.1) is 11.6 Å². The van der Waals surface area contributed by atoms with Gasteiger partial charge in [0.25, 0.3) is 11.8 Å². The van der Waals surface area contributed by atoms with Crippen LogP contribution in [0.1, 0.15) is 10.4 Å². The van der Waals surface area contributed by atoms with Gasteiger partial charge in [0, 0.05) is 23.7 Å². The Kier molecular flexibility index (Phi) is 5.72. The van der Waals surface area contributed by atoms with E-state index in [1.807, 2.05) is 18.2 Å². The molecule has 2 aromatic carbocycles. The molecular weight excluding hydrogens is 362 g/mol. The molecule has 0 saturated carbocycles. The molecule has 1 atom stereocenters. The highest BCUT2D eigenvalue weighted by atomic mass is 32.2.